The molecule has 19 heavy (non-hydrogen) atoms. The molecule has 0 fully saturated rings. The van der Waals surface area contributed by atoms with Gasteiger partial charge in [0.25, 0.3) is 0 Å². The monoisotopic (exact) mass is 289 g/mol. The van der Waals surface area contributed by atoms with Crippen molar-refractivity contribution in [3.63, 3.8) is 0 Å². The molecule has 0 heterocycles. The van der Waals surface area contributed by atoms with E-state index in [1.165, 1.54) is 6.07 Å². The zero-order chi connectivity index (χ0) is 14.1. The van der Waals surface area contributed by atoms with E-state index in [1.807, 2.05) is 27.7 Å². The molecule has 0 saturated carbocycles. The van der Waals surface area contributed by atoms with Gasteiger partial charge < -0.3 is 0 Å². The summed E-state index contributed by atoms with van der Waals surface area (Å²) in [6.07, 6.45) is 0. The van der Waals surface area contributed by atoms with Gasteiger partial charge in [0.2, 0.25) is 10.0 Å². The number of nitriles is 1. The van der Waals surface area contributed by atoms with Crippen LogP contribution in [0, 0.1) is 11.3 Å². The van der Waals surface area contributed by atoms with E-state index in [1.54, 1.807) is 6.07 Å². The van der Waals surface area contributed by atoms with E-state index >= 15 is 0 Å². The van der Waals surface area contributed by atoms with Crippen molar-refractivity contribution >= 4 is 10.0 Å². The van der Waals surface area contributed by atoms with Crippen LogP contribution in [0.15, 0.2) is 17.0 Å². The summed E-state index contributed by atoms with van der Waals surface area (Å²) >= 11 is 0. The first-order chi connectivity index (χ1) is 8.18. The second-order valence-electron chi connectivity index (χ2n) is 4.94. The fourth-order valence-electron chi connectivity index (χ4n) is 1.88. The van der Waals surface area contributed by atoms with Gasteiger partial charge in [-0.25, -0.2) is 13.6 Å². The fourth-order valence-corrected chi connectivity index (χ4v) is 2.80. The number of benzene rings is 1. The third-order valence-electron chi connectivity index (χ3n) is 2.85. The molecule has 6 heteroatoms. The van der Waals surface area contributed by atoms with Crippen LogP contribution < -0.4 is 34.7 Å². The predicted octanol–water partition coefficient (Wildman–Crippen LogP) is -0.544. The summed E-state index contributed by atoms with van der Waals surface area (Å²) < 4.78 is 23.3. The van der Waals surface area contributed by atoms with Crippen LogP contribution in [0.5, 0.6) is 0 Å². The molecule has 4 nitrogen and oxygen atoms in total. The molecule has 0 atom stereocenters. The quantitative estimate of drug-likeness (QED) is 0.758. The summed E-state index contributed by atoms with van der Waals surface area (Å²) in [5, 5.41) is 14.4. The van der Waals surface area contributed by atoms with Crippen LogP contribution in [0.4, 0.5) is 0 Å². The van der Waals surface area contributed by atoms with Crippen LogP contribution in [0.2, 0.25) is 0 Å². The Balaban J connectivity index is 0.00000324. The molecule has 0 bridgehead atoms. The van der Waals surface area contributed by atoms with E-state index in [9.17, 15) is 8.42 Å². The second-order valence-corrected chi connectivity index (χ2v) is 6.47. The van der Waals surface area contributed by atoms with Gasteiger partial charge in [0.1, 0.15) is 0 Å². The van der Waals surface area contributed by atoms with Gasteiger partial charge in [0.15, 0.2) is 0 Å². The largest absolute Gasteiger partial charge is 1.00 e. The van der Waals surface area contributed by atoms with Crippen LogP contribution >= 0.6 is 0 Å². The zero-order valence-corrected chi connectivity index (χ0v) is 14.9. The molecule has 0 amide bonds. The van der Waals surface area contributed by atoms with Gasteiger partial charge in [-0.05, 0) is 35.1 Å². The Kier molecular flexibility index (Phi) is 6.73. The number of nitrogens with two attached hydrogens (primary N) is 1. The molecular weight excluding hydrogens is 271 g/mol. The number of nitrogens with zero attached hydrogens (tertiary/aromatic N) is 1. The number of hydrogen-bond acceptors (Lipinski definition) is 3. The summed E-state index contributed by atoms with van der Waals surface area (Å²) in [4.78, 5) is 0.125. The van der Waals surface area contributed by atoms with Gasteiger partial charge in [-0.2, -0.15) is 5.26 Å². The summed E-state index contributed by atoms with van der Waals surface area (Å²) in [5.74, 6) is 0.0630. The Morgan fingerprint density at radius 2 is 1.58 bits per heavy atom. The van der Waals surface area contributed by atoms with E-state index in [0.717, 1.165) is 0 Å². The van der Waals surface area contributed by atoms with Gasteiger partial charge in [-0.1, -0.05) is 27.7 Å². The Bertz CT molecular complexity index is 602. The van der Waals surface area contributed by atoms with Crippen LogP contribution in [-0.4, -0.2) is 8.42 Å². The van der Waals surface area contributed by atoms with E-state index in [4.69, 9.17) is 10.4 Å². The number of primary sulfonamides is 1. The first kappa shape index (κ1) is 18.6. The van der Waals surface area contributed by atoms with Crippen molar-refractivity contribution in [3.05, 3.63) is 28.8 Å². The third-order valence-corrected chi connectivity index (χ3v) is 3.82. The summed E-state index contributed by atoms with van der Waals surface area (Å²) in [7, 11) is -3.77. The van der Waals surface area contributed by atoms with Crippen molar-refractivity contribution in [2.24, 2.45) is 5.14 Å². The molecular formula is C13H18N2NaO2S+. The molecule has 1 aromatic rings. The first-order valence-corrected chi connectivity index (χ1v) is 7.33. The van der Waals surface area contributed by atoms with Crippen molar-refractivity contribution in [3.8, 4) is 6.07 Å². The Morgan fingerprint density at radius 1 is 1.11 bits per heavy atom. The minimum Gasteiger partial charge on any atom is -0.225 e. The molecule has 0 aliphatic rings. The molecule has 0 aliphatic heterocycles. The molecule has 0 spiro atoms. The molecule has 0 aliphatic carbocycles. The minimum absolute atomic E-state index is 0. The Labute approximate surface area is 137 Å². The molecule has 0 saturated heterocycles. The van der Waals surface area contributed by atoms with Crippen molar-refractivity contribution in [1.29, 1.82) is 5.26 Å². The Morgan fingerprint density at radius 3 is 1.89 bits per heavy atom. The van der Waals surface area contributed by atoms with Gasteiger partial charge >= 0.3 is 29.6 Å². The molecule has 1 aromatic carbocycles. The maximum absolute atomic E-state index is 11.6. The number of hydrogen-bond donors (Lipinski definition) is 1. The maximum atomic E-state index is 11.6. The fraction of sp³-hybridized carbons (Fsp3) is 0.462. The summed E-state index contributed by atoms with van der Waals surface area (Å²) in [6.45, 7) is 7.58. The van der Waals surface area contributed by atoms with E-state index in [2.05, 4.69) is 6.07 Å². The van der Waals surface area contributed by atoms with E-state index in [-0.39, 0.29) is 46.3 Å². The van der Waals surface area contributed by atoms with Crippen molar-refractivity contribution in [2.45, 2.75) is 44.4 Å². The number of rotatable bonds is 3. The molecule has 1 rings (SSSR count). The predicted molar refractivity (Wildman–Crippen MR) is 70.7 cm³/mol. The van der Waals surface area contributed by atoms with Crippen LogP contribution in [0.1, 0.15) is 56.2 Å². The van der Waals surface area contributed by atoms with Gasteiger partial charge in [-0.3, -0.25) is 0 Å². The second kappa shape index (κ2) is 6.87. The topological polar surface area (TPSA) is 84.0 Å². The summed E-state index contributed by atoms with van der Waals surface area (Å²) in [6, 6.07) is 5.29. The minimum atomic E-state index is -3.77. The first-order valence-electron chi connectivity index (χ1n) is 5.79. The zero-order valence-electron chi connectivity index (χ0n) is 12.1. The average molecular weight is 289 g/mol. The molecule has 0 radical (unpaired) electrons. The molecule has 2 N–H and O–H groups in total. The SMILES string of the molecule is CC(C)c1cc(S(N)(=O)=O)c(C(C)C)cc1C#N.[Na+]. The van der Waals surface area contributed by atoms with Crippen molar-refractivity contribution in [1.82, 2.24) is 0 Å². The van der Waals surface area contributed by atoms with Gasteiger partial charge in [0, 0.05) is 0 Å². The maximum Gasteiger partial charge on any atom is 1.00 e. The average Bonchev–Trinajstić information content (AvgIpc) is 2.25. The molecule has 0 aromatic heterocycles. The third kappa shape index (κ3) is 4.30. The van der Waals surface area contributed by atoms with Crippen LogP contribution in [0.25, 0.3) is 0 Å². The Hall–Kier alpha value is -0.380. The van der Waals surface area contributed by atoms with Crippen molar-refractivity contribution < 1.29 is 38.0 Å². The molecule has 98 valence electrons. The standard InChI is InChI=1S/C13H18N2O2S.Na/c1-8(2)11-6-13(18(15,16)17)12(9(3)4)5-10(11)7-14;/h5-6,8-9H,1-4H3,(H2,15,16,17);/q;+1. The van der Waals surface area contributed by atoms with Crippen LogP contribution in [-0.2, 0) is 10.0 Å². The van der Waals surface area contributed by atoms with Crippen molar-refractivity contribution in [2.75, 3.05) is 0 Å². The smallest absolute Gasteiger partial charge is 0.225 e. The molecule has 0 unspecified atom stereocenters. The van der Waals surface area contributed by atoms with Crippen LogP contribution in [0.3, 0.4) is 0 Å². The summed E-state index contributed by atoms with van der Waals surface area (Å²) in [5.41, 5.74) is 1.82. The van der Waals surface area contributed by atoms with Gasteiger partial charge in [-0.15, -0.1) is 0 Å². The normalized spacial score (nSPS) is 11.3. The van der Waals surface area contributed by atoms with Gasteiger partial charge in [0.05, 0.1) is 16.5 Å². The number of sulfonamides is 1. The van der Waals surface area contributed by atoms with E-state index < -0.39 is 10.0 Å². The van der Waals surface area contributed by atoms with E-state index in [0.29, 0.717) is 16.7 Å².